The van der Waals surface area contributed by atoms with Gasteiger partial charge in [0, 0.05) is 32.6 Å². The van der Waals surface area contributed by atoms with E-state index in [1.54, 1.807) is 21.3 Å². The highest BCUT2D eigenvalue weighted by atomic mass is 28.4. The van der Waals surface area contributed by atoms with E-state index < -0.39 is 8.80 Å². The summed E-state index contributed by atoms with van der Waals surface area (Å²) in [4.78, 5) is 0. The number of ether oxygens (including phenoxy) is 2. The number of hydrogen-bond acceptors (Lipinski definition) is 5. The predicted molar refractivity (Wildman–Crippen MR) is 103 cm³/mol. The van der Waals surface area contributed by atoms with E-state index in [2.05, 4.69) is 41.5 Å². The molecule has 0 N–H and O–H groups in total. The van der Waals surface area contributed by atoms with E-state index in [-0.39, 0.29) is 11.2 Å². The van der Waals surface area contributed by atoms with Crippen LogP contribution >= 0.6 is 0 Å². The van der Waals surface area contributed by atoms with Gasteiger partial charge in [-0.15, -0.1) is 0 Å². The minimum absolute atomic E-state index is 0.284. The molecule has 0 heterocycles. The minimum Gasteiger partial charge on any atom is -0.488 e. The lowest BCUT2D eigenvalue weighted by molar-refractivity contribution is 0.0956. The Morgan fingerprint density at radius 2 is 1.08 bits per heavy atom. The third-order valence-electron chi connectivity index (χ3n) is 4.53. The van der Waals surface area contributed by atoms with Crippen LogP contribution in [0.3, 0.4) is 0 Å². The summed E-state index contributed by atoms with van der Waals surface area (Å²) in [5.74, 6) is 1.43. The summed E-state index contributed by atoms with van der Waals surface area (Å²) < 4.78 is 29.3. The molecule has 0 saturated heterocycles. The molecule has 25 heavy (non-hydrogen) atoms. The molecule has 0 atom stereocenters. The highest BCUT2D eigenvalue weighted by Crippen LogP contribution is 2.28. The van der Waals surface area contributed by atoms with Crippen LogP contribution in [0.4, 0.5) is 0 Å². The Bertz CT molecular complexity index is 508. The highest BCUT2D eigenvalue weighted by Gasteiger charge is 2.42. The fourth-order valence-corrected chi connectivity index (χ4v) is 4.10. The summed E-state index contributed by atoms with van der Waals surface area (Å²) in [5.41, 5.74) is -0.568. The molecular weight excluding hydrogens is 336 g/mol. The molecule has 0 fully saturated rings. The molecule has 5 nitrogen and oxygen atoms in total. The first-order valence-corrected chi connectivity index (χ1v) is 10.5. The molecule has 0 unspecified atom stereocenters. The van der Waals surface area contributed by atoms with E-state index in [1.165, 1.54) is 0 Å². The Hall–Kier alpha value is -1.08. The quantitative estimate of drug-likeness (QED) is 0.585. The van der Waals surface area contributed by atoms with Crippen molar-refractivity contribution in [2.45, 2.75) is 65.6 Å². The molecule has 0 spiro atoms. The van der Waals surface area contributed by atoms with Crippen molar-refractivity contribution in [3.05, 3.63) is 18.2 Å². The summed E-state index contributed by atoms with van der Waals surface area (Å²) in [7, 11) is 1.80. The first-order valence-electron chi connectivity index (χ1n) is 8.76. The summed E-state index contributed by atoms with van der Waals surface area (Å²) >= 11 is 0. The van der Waals surface area contributed by atoms with Crippen molar-refractivity contribution < 1.29 is 22.8 Å². The van der Waals surface area contributed by atoms with Crippen molar-refractivity contribution in [3.8, 4) is 11.5 Å². The molecule has 1 aromatic carbocycles. The lowest BCUT2D eigenvalue weighted by Crippen LogP contribution is -2.54. The van der Waals surface area contributed by atoms with E-state index in [9.17, 15) is 0 Å². The van der Waals surface area contributed by atoms with Crippen molar-refractivity contribution in [1.82, 2.24) is 0 Å². The molecule has 0 aliphatic carbocycles. The standard InChI is InChI=1S/C19H34O5Si/c1-10-18(3,4)23-15-12-16(24-19(5,6)11-2)14-17(13-15)25(20-7,21-8)22-9/h12-14H,10-11H2,1-9H3. The first-order chi connectivity index (χ1) is 11.6. The van der Waals surface area contributed by atoms with Crippen LogP contribution in [0.1, 0.15) is 54.4 Å². The number of hydrogen-bond donors (Lipinski definition) is 0. The molecule has 6 heteroatoms. The van der Waals surface area contributed by atoms with Crippen LogP contribution in [0, 0.1) is 0 Å². The third-order valence-corrected chi connectivity index (χ3v) is 7.14. The largest absolute Gasteiger partial charge is 0.536 e. The molecule has 144 valence electrons. The lowest BCUT2D eigenvalue weighted by Gasteiger charge is -2.30. The van der Waals surface area contributed by atoms with Crippen molar-refractivity contribution in [3.63, 3.8) is 0 Å². The van der Waals surface area contributed by atoms with E-state index in [0.717, 1.165) is 18.0 Å². The normalized spacial score (nSPS) is 13.0. The van der Waals surface area contributed by atoms with Crippen molar-refractivity contribution in [1.29, 1.82) is 0 Å². The fraction of sp³-hybridized carbons (Fsp3) is 0.684. The van der Waals surface area contributed by atoms with Crippen LogP contribution in [0.25, 0.3) is 0 Å². The van der Waals surface area contributed by atoms with Gasteiger partial charge in [0.05, 0.1) is 0 Å². The molecular formula is C19H34O5Si. The van der Waals surface area contributed by atoms with Crippen LogP contribution in [0.2, 0.25) is 0 Å². The summed E-state index contributed by atoms with van der Waals surface area (Å²) in [5, 5.41) is 0.811. The van der Waals surface area contributed by atoms with Crippen LogP contribution in [-0.2, 0) is 13.3 Å². The van der Waals surface area contributed by atoms with Crippen LogP contribution < -0.4 is 14.7 Å². The lowest BCUT2D eigenvalue weighted by atomic mass is 10.1. The second-order valence-corrected chi connectivity index (χ2v) is 10.2. The van der Waals surface area contributed by atoms with Crippen molar-refractivity contribution >= 4 is 14.0 Å². The Morgan fingerprint density at radius 3 is 1.36 bits per heavy atom. The molecule has 0 radical (unpaired) electrons. The molecule has 1 aromatic rings. The average molecular weight is 371 g/mol. The summed E-state index contributed by atoms with van der Waals surface area (Å²) in [6.45, 7) is 12.4. The molecule has 0 saturated carbocycles. The summed E-state index contributed by atoms with van der Waals surface area (Å²) in [6.07, 6.45) is 1.77. The van der Waals surface area contributed by atoms with Gasteiger partial charge in [0.15, 0.2) is 0 Å². The predicted octanol–water partition coefficient (Wildman–Crippen LogP) is 3.91. The molecule has 0 aliphatic rings. The molecule has 0 bridgehead atoms. The van der Waals surface area contributed by atoms with Crippen molar-refractivity contribution in [2.24, 2.45) is 0 Å². The first kappa shape index (κ1) is 22.0. The third kappa shape index (κ3) is 5.71. The summed E-state index contributed by atoms with van der Waals surface area (Å²) in [6, 6.07) is 5.76. The van der Waals surface area contributed by atoms with Gasteiger partial charge >= 0.3 is 8.80 Å². The van der Waals surface area contributed by atoms with E-state index in [0.29, 0.717) is 11.5 Å². The zero-order chi connectivity index (χ0) is 19.3. The van der Waals surface area contributed by atoms with Crippen molar-refractivity contribution in [2.75, 3.05) is 21.3 Å². The average Bonchev–Trinajstić information content (AvgIpc) is 2.56. The maximum Gasteiger partial charge on any atom is 0.536 e. The van der Waals surface area contributed by atoms with Crippen LogP contribution in [0.5, 0.6) is 11.5 Å². The molecule has 1 rings (SSSR count). The van der Waals surface area contributed by atoms with Gasteiger partial charge in [0.1, 0.15) is 22.7 Å². The number of benzene rings is 1. The van der Waals surface area contributed by atoms with E-state index in [4.69, 9.17) is 22.8 Å². The Morgan fingerprint density at radius 1 is 0.720 bits per heavy atom. The Kier molecular flexibility index (Phi) is 7.50. The van der Waals surface area contributed by atoms with Gasteiger partial charge in [-0.05, 0) is 52.7 Å². The van der Waals surface area contributed by atoms with Crippen LogP contribution in [0.15, 0.2) is 18.2 Å². The van der Waals surface area contributed by atoms with Gasteiger partial charge in [-0.2, -0.15) is 0 Å². The second kappa shape index (κ2) is 8.53. The molecule has 0 aliphatic heterocycles. The molecule has 0 amide bonds. The SMILES string of the molecule is CCC(C)(C)Oc1cc(OC(C)(C)CC)cc([Si](OC)(OC)OC)c1. The van der Waals surface area contributed by atoms with E-state index in [1.807, 2.05) is 18.2 Å². The second-order valence-electron chi connectivity index (χ2n) is 7.29. The van der Waals surface area contributed by atoms with Gasteiger partial charge in [-0.25, -0.2) is 0 Å². The minimum atomic E-state index is -2.99. The Labute approximate surface area is 153 Å². The monoisotopic (exact) mass is 370 g/mol. The van der Waals surface area contributed by atoms with Gasteiger partial charge in [-0.1, -0.05) is 13.8 Å². The topological polar surface area (TPSA) is 46.2 Å². The zero-order valence-corrected chi connectivity index (χ0v) is 18.2. The van der Waals surface area contributed by atoms with Gasteiger partial charge in [-0.3, -0.25) is 0 Å². The van der Waals surface area contributed by atoms with Gasteiger partial charge < -0.3 is 22.8 Å². The van der Waals surface area contributed by atoms with E-state index >= 15 is 0 Å². The molecule has 0 aromatic heterocycles. The Balaban J connectivity index is 3.41. The van der Waals surface area contributed by atoms with Crippen LogP contribution in [-0.4, -0.2) is 41.3 Å². The smallest absolute Gasteiger partial charge is 0.488 e. The maximum atomic E-state index is 6.18. The van der Waals surface area contributed by atoms with Gasteiger partial charge in [0.25, 0.3) is 0 Å². The maximum absolute atomic E-state index is 6.18. The van der Waals surface area contributed by atoms with Gasteiger partial charge in [0.2, 0.25) is 0 Å². The number of rotatable bonds is 10. The fourth-order valence-electron chi connectivity index (χ4n) is 2.25. The zero-order valence-electron chi connectivity index (χ0n) is 17.2. The highest BCUT2D eigenvalue weighted by molar-refractivity contribution is 6.75.